The van der Waals surface area contributed by atoms with Crippen LogP contribution < -0.4 is 23.5 Å². The number of alkyl carbamates (subject to hydrolysis) is 1. The second-order valence-electron chi connectivity index (χ2n) is 15.6. The van der Waals surface area contributed by atoms with Gasteiger partial charge < -0.3 is 66.1 Å². The van der Waals surface area contributed by atoms with Gasteiger partial charge in [-0.25, -0.2) is 14.4 Å². The number of carbonyl (C=O) groups excluding carboxylic acids is 7. The van der Waals surface area contributed by atoms with Gasteiger partial charge in [0, 0.05) is 0 Å². The smallest absolute Gasteiger partial charge is 0.408 e. The Bertz CT molecular complexity index is 1320. The van der Waals surface area contributed by atoms with Gasteiger partial charge in [-0.05, 0) is 34.6 Å². The quantitative estimate of drug-likeness (QED) is 0.202. The number of amides is 1. The second-order valence-corrected chi connectivity index (χ2v) is 15.6. The molecule has 0 saturated carbocycles. The predicted molar refractivity (Wildman–Crippen MR) is 191 cm³/mol. The molecule has 2 aliphatic heterocycles. The number of carbonyl (C=O) groups is 7. The minimum atomic E-state index is -1.15. The lowest BCUT2D eigenvalue weighted by Gasteiger charge is -2.30. The van der Waals surface area contributed by atoms with E-state index in [2.05, 4.69) is 11.1 Å². The van der Waals surface area contributed by atoms with Crippen molar-refractivity contribution >= 4 is 41.9 Å². The first-order valence-corrected chi connectivity index (χ1v) is 18.5. The molecule has 56 heavy (non-hydrogen) atoms. The number of cyclic esters (lactones) is 2. The number of ether oxygens (including phenoxy) is 9. The maximum absolute atomic E-state index is 12.6. The molecular formula is C37H63ClN2O16. The highest BCUT2D eigenvalue weighted by molar-refractivity contribution is 5.82. The van der Waals surface area contributed by atoms with E-state index >= 15 is 0 Å². The van der Waals surface area contributed by atoms with Gasteiger partial charge in [-0.3, -0.25) is 19.2 Å². The molecule has 0 aromatic rings. The average Bonchev–Trinajstić information content (AvgIpc) is 3.13. The molecule has 2 rings (SSSR count). The van der Waals surface area contributed by atoms with Crippen LogP contribution in [0, 0.1) is 23.7 Å². The van der Waals surface area contributed by atoms with Crippen LogP contribution in [0.3, 0.4) is 0 Å². The molecule has 0 spiro atoms. The molecule has 8 atom stereocenters. The molecule has 19 heteroatoms. The van der Waals surface area contributed by atoms with Gasteiger partial charge >= 0.3 is 41.9 Å². The molecule has 2 heterocycles. The summed E-state index contributed by atoms with van der Waals surface area (Å²) in [6.07, 6.45) is -6.47. The van der Waals surface area contributed by atoms with Crippen LogP contribution >= 0.6 is 0 Å². The fourth-order valence-electron chi connectivity index (χ4n) is 4.44. The summed E-state index contributed by atoms with van der Waals surface area (Å²) in [5, 5.41) is 2.41. The summed E-state index contributed by atoms with van der Waals surface area (Å²) >= 11 is 0. The summed E-state index contributed by atoms with van der Waals surface area (Å²) in [4.78, 5) is 84.9. The largest absolute Gasteiger partial charge is 1.00 e. The summed E-state index contributed by atoms with van der Waals surface area (Å²) in [6.45, 7) is 21.2. The highest BCUT2D eigenvalue weighted by atomic mass is 35.5. The van der Waals surface area contributed by atoms with Crippen molar-refractivity contribution < 1.29 is 94.3 Å². The third-order valence-corrected chi connectivity index (χ3v) is 7.66. The monoisotopic (exact) mass is 826 g/mol. The lowest BCUT2D eigenvalue weighted by atomic mass is 10.1. The Morgan fingerprint density at radius 1 is 0.625 bits per heavy atom. The van der Waals surface area contributed by atoms with Crippen molar-refractivity contribution in [2.24, 2.45) is 23.7 Å². The van der Waals surface area contributed by atoms with Crippen molar-refractivity contribution in [3.63, 3.8) is 0 Å². The van der Waals surface area contributed by atoms with E-state index in [4.69, 9.17) is 42.6 Å². The fourth-order valence-corrected chi connectivity index (χ4v) is 4.44. The molecule has 0 bridgehead atoms. The van der Waals surface area contributed by atoms with Crippen molar-refractivity contribution in [1.82, 2.24) is 5.32 Å². The summed E-state index contributed by atoms with van der Waals surface area (Å²) in [5.74, 6) is -4.91. The SMILES string of the molecule is CC(C)C(=O)O[C@H]1[C@H](C)OC(=O)[C@@H](NC(=O)OC(C)(C)C)COC[C@@H]1OC(=O)C(C)C.CC(C)C(=O)O[C@H]1[C@H](C)OC(=O)[C@@H]([NH3+])COC[C@@H]1OC(=O)C(C)C.[Cl-]. The van der Waals surface area contributed by atoms with Crippen LogP contribution in [0.2, 0.25) is 0 Å². The zero-order valence-corrected chi connectivity index (χ0v) is 35.6. The van der Waals surface area contributed by atoms with Gasteiger partial charge in [-0.15, -0.1) is 0 Å². The molecule has 1 amide bonds. The molecule has 324 valence electrons. The molecule has 18 nitrogen and oxygen atoms in total. The molecule has 4 N–H and O–H groups in total. The molecule has 0 unspecified atom stereocenters. The number of halogens is 1. The minimum Gasteiger partial charge on any atom is -1.00 e. The fraction of sp³-hybridized carbons (Fsp3) is 0.811. The standard InChI is InChI=1S/C21H35NO9.C16H27NO7.ClH/c1-11(2)17(23)29-15-10-27-9-14(22-20(26)31-21(6,7)8)19(25)28-13(5)16(15)30-18(24)12(3)4;1-8(2)14(18)23-12-7-21-6-11(17)16(20)22-10(5)13(12)24-15(19)9(3)4;/h11-16H,9-10H2,1-8H3,(H,22,26);8-13H,6-7,17H2,1-5H3;1H/t13-,14-,15-,16-;10-,11-,12-,13-;/m00./s1. The van der Waals surface area contributed by atoms with Gasteiger partial charge in [0.05, 0.1) is 43.5 Å². The van der Waals surface area contributed by atoms with Gasteiger partial charge in [0.1, 0.15) is 24.4 Å². The Morgan fingerprint density at radius 3 is 1.36 bits per heavy atom. The summed E-state index contributed by atoms with van der Waals surface area (Å²) in [6, 6.07) is -1.85. The minimum absolute atomic E-state index is 0. The number of hydrogen-bond acceptors (Lipinski definition) is 16. The lowest BCUT2D eigenvalue weighted by Crippen LogP contribution is -3.00. The molecule has 2 aliphatic rings. The van der Waals surface area contributed by atoms with Gasteiger partial charge in [0.2, 0.25) is 6.04 Å². The van der Waals surface area contributed by atoms with Crippen LogP contribution in [0.25, 0.3) is 0 Å². The lowest BCUT2D eigenvalue weighted by molar-refractivity contribution is -0.415. The Labute approximate surface area is 335 Å². The first-order valence-electron chi connectivity index (χ1n) is 18.5. The Morgan fingerprint density at radius 2 is 0.982 bits per heavy atom. The topological polar surface area (TPSA) is 242 Å². The molecule has 0 aromatic heterocycles. The van der Waals surface area contributed by atoms with Crippen molar-refractivity contribution in [3.8, 4) is 0 Å². The van der Waals surface area contributed by atoms with Crippen LogP contribution in [0.5, 0.6) is 0 Å². The Balaban J connectivity index is 0.00000109. The summed E-state index contributed by atoms with van der Waals surface area (Å²) < 4.78 is 48.7. The average molecular weight is 827 g/mol. The van der Waals surface area contributed by atoms with Gasteiger partial charge in [0.15, 0.2) is 30.5 Å². The number of rotatable bonds is 9. The number of quaternary nitrogens is 1. The van der Waals surface area contributed by atoms with Crippen LogP contribution in [0.1, 0.15) is 90.0 Å². The van der Waals surface area contributed by atoms with E-state index in [1.807, 2.05) is 0 Å². The maximum atomic E-state index is 12.6. The third-order valence-electron chi connectivity index (χ3n) is 7.66. The summed E-state index contributed by atoms with van der Waals surface area (Å²) in [5.41, 5.74) is 2.91. The number of nitrogens with one attached hydrogen (secondary N) is 1. The molecule has 2 saturated heterocycles. The third kappa shape index (κ3) is 18.5. The van der Waals surface area contributed by atoms with Gasteiger partial charge in [-0.1, -0.05) is 55.4 Å². The van der Waals surface area contributed by atoms with Crippen LogP contribution in [-0.2, 0) is 71.4 Å². The van der Waals surface area contributed by atoms with E-state index in [0.717, 1.165) is 0 Å². The van der Waals surface area contributed by atoms with Crippen LogP contribution in [0.4, 0.5) is 4.79 Å². The molecule has 0 radical (unpaired) electrons. The first kappa shape index (κ1) is 52.3. The van der Waals surface area contributed by atoms with Crippen LogP contribution in [-0.4, -0.2) is 123 Å². The van der Waals surface area contributed by atoms with Crippen molar-refractivity contribution in [2.75, 3.05) is 26.4 Å². The number of esters is 6. The van der Waals surface area contributed by atoms with Crippen molar-refractivity contribution in [2.45, 2.75) is 144 Å². The highest BCUT2D eigenvalue weighted by Gasteiger charge is 2.41. The molecule has 2 fully saturated rings. The second kappa shape index (κ2) is 24.1. The van der Waals surface area contributed by atoms with E-state index in [-0.39, 0.29) is 50.7 Å². The number of hydrogen-bond donors (Lipinski definition) is 2. The van der Waals surface area contributed by atoms with Crippen molar-refractivity contribution in [3.05, 3.63) is 0 Å². The zero-order valence-electron chi connectivity index (χ0n) is 34.9. The van der Waals surface area contributed by atoms with E-state index in [0.29, 0.717) is 0 Å². The highest BCUT2D eigenvalue weighted by Crippen LogP contribution is 2.21. The molecule has 0 aromatic carbocycles. The van der Waals surface area contributed by atoms with Gasteiger partial charge in [0.25, 0.3) is 0 Å². The first-order chi connectivity index (χ1) is 25.3. The predicted octanol–water partition coefficient (Wildman–Crippen LogP) is -1.32. The molecule has 0 aliphatic carbocycles. The van der Waals surface area contributed by atoms with E-state index < -0.39 is 108 Å². The normalized spacial score (nSPS) is 26.1. The zero-order chi connectivity index (χ0) is 42.4. The Kier molecular flexibility index (Phi) is 22.5. The summed E-state index contributed by atoms with van der Waals surface area (Å²) in [7, 11) is 0. The molecular weight excluding hydrogens is 764 g/mol. The van der Waals surface area contributed by atoms with Crippen LogP contribution in [0.15, 0.2) is 0 Å². The van der Waals surface area contributed by atoms with Crippen molar-refractivity contribution in [1.29, 1.82) is 0 Å². The van der Waals surface area contributed by atoms with E-state index in [9.17, 15) is 33.6 Å². The van der Waals surface area contributed by atoms with E-state index in [1.54, 1.807) is 83.1 Å². The Hall–Kier alpha value is -3.74. The van der Waals surface area contributed by atoms with Gasteiger partial charge in [-0.2, -0.15) is 0 Å². The maximum Gasteiger partial charge on any atom is 0.408 e. The van der Waals surface area contributed by atoms with E-state index in [1.165, 1.54) is 6.92 Å².